The summed E-state index contributed by atoms with van der Waals surface area (Å²) in [7, 11) is 1.59. The van der Waals surface area contributed by atoms with Crippen LogP contribution in [0.15, 0.2) is 30.3 Å². The number of benzene rings is 1. The third-order valence-electron chi connectivity index (χ3n) is 2.68. The number of anilines is 1. The van der Waals surface area contributed by atoms with Crippen molar-refractivity contribution in [1.29, 1.82) is 0 Å². The molecule has 0 fully saturated rings. The number of ether oxygens (including phenoxy) is 1. The molecule has 0 aromatic heterocycles. The lowest BCUT2D eigenvalue weighted by Crippen LogP contribution is -2.40. The van der Waals surface area contributed by atoms with Crippen LogP contribution < -0.4 is 10.2 Å². The fourth-order valence-electron chi connectivity index (χ4n) is 1.68. The highest BCUT2D eigenvalue weighted by Gasteiger charge is 2.16. The Kier molecular flexibility index (Phi) is 7.31. The number of methoxy groups -OCH3 is 1. The molecule has 0 aliphatic heterocycles. The van der Waals surface area contributed by atoms with E-state index in [4.69, 9.17) is 9.84 Å². The van der Waals surface area contributed by atoms with Crippen LogP contribution in [0.2, 0.25) is 0 Å². The summed E-state index contributed by atoms with van der Waals surface area (Å²) in [5.41, 5.74) is 0.701. The predicted molar refractivity (Wildman–Crippen MR) is 75.8 cm³/mol. The van der Waals surface area contributed by atoms with Crippen molar-refractivity contribution in [2.75, 3.05) is 38.3 Å². The van der Waals surface area contributed by atoms with Gasteiger partial charge >= 0.3 is 5.97 Å². The molecular weight excluding hydrogens is 260 g/mol. The molecule has 6 heteroatoms. The van der Waals surface area contributed by atoms with Gasteiger partial charge in [-0.25, -0.2) is 0 Å². The van der Waals surface area contributed by atoms with Crippen LogP contribution in [0.4, 0.5) is 5.69 Å². The third-order valence-corrected chi connectivity index (χ3v) is 2.68. The number of carboxylic acid groups (broad SMARTS) is 1. The van der Waals surface area contributed by atoms with E-state index in [0.29, 0.717) is 18.8 Å². The summed E-state index contributed by atoms with van der Waals surface area (Å²) in [4.78, 5) is 24.3. The lowest BCUT2D eigenvalue weighted by atomic mass is 10.2. The van der Waals surface area contributed by atoms with Crippen molar-refractivity contribution in [3.63, 3.8) is 0 Å². The number of carbonyl (C=O) groups is 2. The van der Waals surface area contributed by atoms with Crippen molar-refractivity contribution in [2.45, 2.75) is 6.42 Å². The number of nitrogens with zero attached hydrogens (tertiary/aromatic N) is 1. The van der Waals surface area contributed by atoms with Crippen molar-refractivity contribution in [3.8, 4) is 0 Å². The van der Waals surface area contributed by atoms with E-state index in [2.05, 4.69) is 5.32 Å². The topological polar surface area (TPSA) is 78.9 Å². The van der Waals surface area contributed by atoms with Gasteiger partial charge in [-0.05, 0) is 12.1 Å². The molecule has 0 unspecified atom stereocenters. The number of carboxylic acids is 1. The molecule has 6 nitrogen and oxygen atoms in total. The molecule has 0 aliphatic rings. The second-order valence-corrected chi connectivity index (χ2v) is 4.19. The molecule has 1 amide bonds. The van der Waals surface area contributed by atoms with E-state index in [0.717, 1.165) is 0 Å². The number of para-hydroxylation sites is 1. The van der Waals surface area contributed by atoms with Crippen molar-refractivity contribution < 1.29 is 19.4 Å². The highest BCUT2D eigenvalue weighted by molar-refractivity contribution is 5.95. The fraction of sp³-hybridized carbons (Fsp3) is 0.429. The van der Waals surface area contributed by atoms with Crippen LogP contribution in [0.1, 0.15) is 6.42 Å². The monoisotopic (exact) mass is 280 g/mol. The van der Waals surface area contributed by atoms with Gasteiger partial charge in [-0.3, -0.25) is 9.59 Å². The summed E-state index contributed by atoms with van der Waals surface area (Å²) >= 11 is 0. The molecule has 20 heavy (non-hydrogen) atoms. The standard InChI is InChI=1S/C14H20N2O4/c1-20-10-8-15-11-13(17)16(9-7-14(18)19)12-5-3-2-4-6-12/h2-6,15H,7-11H2,1H3,(H,18,19). The number of amides is 1. The zero-order chi connectivity index (χ0) is 14.8. The van der Waals surface area contributed by atoms with Gasteiger partial charge < -0.3 is 20.1 Å². The van der Waals surface area contributed by atoms with Crippen LogP contribution in [-0.4, -0.2) is 50.3 Å². The lowest BCUT2D eigenvalue weighted by molar-refractivity contribution is -0.136. The summed E-state index contributed by atoms with van der Waals surface area (Å²) in [6.45, 7) is 1.40. The molecule has 0 saturated carbocycles. The normalized spacial score (nSPS) is 10.2. The Balaban J connectivity index is 2.62. The Labute approximate surface area is 118 Å². The van der Waals surface area contributed by atoms with E-state index in [1.54, 1.807) is 19.2 Å². The number of hydrogen-bond acceptors (Lipinski definition) is 4. The van der Waals surface area contributed by atoms with Crippen molar-refractivity contribution in [3.05, 3.63) is 30.3 Å². The number of rotatable bonds is 9. The van der Waals surface area contributed by atoms with E-state index in [9.17, 15) is 9.59 Å². The largest absolute Gasteiger partial charge is 0.481 e. The minimum Gasteiger partial charge on any atom is -0.481 e. The Bertz CT molecular complexity index is 422. The zero-order valence-corrected chi connectivity index (χ0v) is 11.5. The summed E-state index contributed by atoms with van der Waals surface area (Å²) in [6, 6.07) is 9.05. The van der Waals surface area contributed by atoms with E-state index < -0.39 is 5.97 Å². The minimum absolute atomic E-state index is 0.0846. The number of aliphatic carboxylic acids is 1. The van der Waals surface area contributed by atoms with Gasteiger partial charge in [0, 0.05) is 25.9 Å². The summed E-state index contributed by atoms with van der Waals surface area (Å²) in [5.74, 6) is -1.08. The first-order valence-corrected chi connectivity index (χ1v) is 6.42. The van der Waals surface area contributed by atoms with Gasteiger partial charge in [-0.1, -0.05) is 18.2 Å². The second-order valence-electron chi connectivity index (χ2n) is 4.19. The van der Waals surface area contributed by atoms with Gasteiger partial charge in [0.05, 0.1) is 19.6 Å². The minimum atomic E-state index is -0.925. The molecule has 0 heterocycles. The Morgan fingerprint density at radius 1 is 1.30 bits per heavy atom. The summed E-state index contributed by atoms with van der Waals surface area (Å²) in [5, 5.41) is 11.7. The third kappa shape index (κ3) is 5.81. The maximum absolute atomic E-state index is 12.1. The molecule has 110 valence electrons. The van der Waals surface area contributed by atoms with Gasteiger partial charge in [0.25, 0.3) is 0 Å². The fourth-order valence-corrected chi connectivity index (χ4v) is 1.68. The molecule has 1 rings (SSSR count). The molecule has 0 aliphatic carbocycles. The first-order valence-electron chi connectivity index (χ1n) is 6.42. The molecule has 0 bridgehead atoms. The average molecular weight is 280 g/mol. The van der Waals surface area contributed by atoms with Gasteiger partial charge in [0.1, 0.15) is 0 Å². The van der Waals surface area contributed by atoms with Crippen LogP contribution >= 0.6 is 0 Å². The summed E-state index contributed by atoms with van der Waals surface area (Å²) < 4.78 is 4.88. The van der Waals surface area contributed by atoms with Gasteiger partial charge in [-0.15, -0.1) is 0 Å². The van der Waals surface area contributed by atoms with Crippen LogP contribution in [-0.2, 0) is 14.3 Å². The second kappa shape index (κ2) is 9.06. The first kappa shape index (κ1) is 16.1. The van der Waals surface area contributed by atoms with Crippen LogP contribution in [0.5, 0.6) is 0 Å². The highest BCUT2D eigenvalue weighted by Crippen LogP contribution is 2.13. The number of nitrogens with one attached hydrogen (secondary N) is 1. The SMILES string of the molecule is COCCNCC(=O)N(CCC(=O)O)c1ccccc1. The maximum Gasteiger partial charge on any atom is 0.305 e. The molecule has 1 aromatic carbocycles. The van der Waals surface area contributed by atoms with Crippen molar-refractivity contribution >= 4 is 17.6 Å². The van der Waals surface area contributed by atoms with Crippen LogP contribution in [0, 0.1) is 0 Å². The van der Waals surface area contributed by atoms with Crippen molar-refractivity contribution in [2.24, 2.45) is 0 Å². The van der Waals surface area contributed by atoms with Gasteiger partial charge in [0.15, 0.2) is 0 Å². The molecule has 2 N–H and O–H groups in total. The van der Waals surface area contributed by atoms with E-state index in [1.165, 1.54) is 4.90 Å². The lowest BCUT2D eigenvalue weighted by Gasteiger charge is -2.22. The Morgan fingerprint density at radius 2 is 2.00 bits per heavy atom. The van der Waals surface area contributed by atoms with E-state index in [1.807, 2.05) is 18.2 Å². The van der Waals surface area contributed by atoms with Crippen molar-refractivity contribution in [1.82, 2.24) is 5.32 Å². The van der Waals surface area contributed by atoms with Gasteiger partial charge in [0.2, 0.25) is 5.91 Å². The van der Waals surface area contributed by atoms with Crippen LogP contribution in [0.3, 0.4) is 0 Å². The molecule has 0 radical (unpaired) electrons. The molecular formula is C14H20N2O4. The molecule has 0 atom stereocenters. The molecule has 1 aromatic rings. The van der Waals surface area contributed by atoms with Gasteiger partial charge in [-0.2, -0.15) is 0 Å². The van der Waals surface area contributed by atoms with Crippen LogP contribution in [0.25, 0.3) is 0 Å². The molecule has 0 spiro atoms. The predicted octanol–water partition coefficient (Wildman–Crippen LogP) is 0.730. The number of carbonyl (C=O) groups excluding carboxylic acids is 1. The Hall–Kier alpha value is -1.92. The summed E-state index contributed by atoms with van der Waals surface area (Å²) in [6.07, 6.45) is -0.0846. The Morgan fingerprint density at radius 3 is 2.60 bits per heavy atom. The zero-order valence-electron chi connectivity index (χ0n) is 11.5. The smallest absolute Gasteiger partial charge is 0.305 e. The molecule has 0 saturated heterocycles. The first-order chi connectivity index (χ1) is 9.65. The quantitative estimate of drug-likeness (QED) is 0.652. The number of hydrogen-bond donors (Lipinski definition) is 2. The maximum atomic E-state index is 12.1. The van der Waals surface area contributed by atoms with E-state index in [-0.39, 0.29) is 25.4 Å². The highest BCUT2D eigenvalue weighted by atomic mass is 16.5. The van der Waals surface area contributed by atoms with E-state index >= 15 is 0 Å². The average Bonchev–Trinajstić information content (AvgIpc) is 2.44.